The maximum Gasteiger partial charge on any atom is 0.306 e. The third-order valence-corrected chi connectivity index (χ3v) is 5.91. The van der Waals surface area contributed by atoms with Crippen LogP contribution >= 0.6 is 11.6 Å². The molecule has 206 valence electrons. The van der Waals surface area contributed by atoms with E-state index in [4.69, 9.17) is 25.8 Å². The van der Waals surface area contributed by atoms with E-state index in [1.807, 2.05) is 24.3 Å². The molecule has 0 aliphatic heterocycles. The van der Waals surface area contributed by atoms with E-state index in [1.165, 1.54) is 18.7 Å². The molecule has 8 nitrogen and oxygen atoms in total. The number of ether oxygens (including phenoxy) is 3. The van der Waals surface area contributed by atoms with Crippen LogP contribution in [-0.2, 0) is 24.5 Å². The van der Waals surface area contributed by atoms with Gasteiger partial charge >= 0.3 is 5.97 Å². The molecule has 3 rings (SSSR count). The van der Waals surface area contributed by atoms with Crippen molar-refractivity contribution in [2.75, 3.05) is 24.4 Å². The highest BCUT2D eigenvalue weighted by molar-refractivity contribution is 6.31. The summed E-state index contributed by atoms with van der Waals surface area (Å²) in [6, 6.07) is 19.8. The summed E-state index contributed by atoms with van der Waals surface area (Å²) in [7, 11) is 1.46. The van der Waals surface area contributed by atoms with E-state index >= 15 is 0 Å². The van der Waals surface area contributed by atoms with Gasteiger partial charge in [-0.1, -0.05) is 44.5 Å². The first-order valence-corrected chi connectivity index (χ1v) is 12.9. The van der Waals surface area contributed by atoms with Crippen molar-refractivity contribution in [3.63, 3.8) is 0 Å². The molecule has 3 aromatic carbocycles. The molecule has 2 N–H and O–H groups in total. The van der Waals surface area contributed by atoms with Gasteiger partial charge in [0.05, 0.1) is 12.8 Å². The van der Waals surface area contributed by atoms with Gasteiger partial charge in [-0.05, 0) is 72.0 Å². The van der Waals surface area contributed by atoms with Crippen LogP contribution in [0.3, 0.4) is 0 Å². The fourth-order valence-corrected chi connectivity index (χ4v) is 3.74. The molecular weight excluding hydrogens is 520 g/mol. The third kappa shape index (κ3) is 9.65. The number of rotatable bonds is 11. The molecule has 0 unspecified atom stereocenters. The molecule has 2 amide bonds. The average molecular weight is 553 g/mol. The van der Waals surface area contributed by atoms with E-state index in [0.29, 0.717) is 27.9 Å². The largest absolute Gasteiger partial charge is 0.495 e. The van der Waals surface area contributed by atoms with Crippen LogP contribution < -0.4 is 20.1 Å². The molecular formula is C30H33ClN2O6. The molecule has 9 heteroatoms. The second kappa shape index (κ2) is 13.7. The number of halogens is 1. The minimum atomic E-state index is -0.576. The Labute approximate surface area is 233 Å². The van der Waals surface area contributed by atoms with Crippen molar-refractivity contribution < 1.29 is 28.6 Å². The number of hydrogen-bond donors (Lipinski definition) is 2. The van der Waals surface area contributed by atoms with E-state index in [0.717, 1.165) is 5.75 Å². The fraction of sp³-hybridized carbons (Fsp3) is 0.300. The zero-order valence-corrected chi connectivity index (χ0v) is 23.3. The van der Waals surface area contributed by atoms with Crippen LogP contribution in [0.2, 0.25) is 5.02 Å². The number of anilines is 2. The Kier molecular flexibility index (Phi) is 10.3. The second-order valence-electron chi connectivity index (χ2n) is 9.86. The predicted molar refractivity (Wildman–Crippen MR) is 152 cm³/mol. The molecule has 0 bridgehead atoms. The lowest BCUT2D eigenvalue weighted by Gasteiger charge is -2.19. The van der Waals surface area contributed by atoms with Crippen LogP contribution in [0.4, 0.5) is 11.4 Å². The summed E-state index contributed by atoms with van der Waals surface area (Å²) in [5.41, 5.74) is 2.28. The second-order valence-corrected chi connectivity index (χ2v) is 10.3. The van der Waals surface area contributed by atoms with E-state index in [9.17, 15) is 14.4 Å². The van der Waals surface area contributed by atoms with Gasteiger partial charge in [0.1, 0.15) is 17.2 Å². The van der Waals surface area contributed by atoms with Gasteiger partial charge in [-0.3, -0.25) is 14.4 Å². The monoisotopic (exact) mass is 552 g/mol. The molecule has 0 saturated heterocycles. The summed E-state index contributed by atoms with van der Waals surface area (Å²) in [5, 5.41) is 5.80. The average Bonchev–Trinajstić information content (AvgIpc) is 2.88. The van der Waals surface area contributed by atoms with Crippen molar-refractivity contribution >= 4 is 40.8 Å². The van der Waals surface area contributed by atoms with Crippen molar-refractivity contribution in [1.29, 1.82) is 0 Å². The molecule has 0 heterocycles. The summed E-state index contributed by atoms with van der Waals surface area (Å²) in [4.78, 5) is 36.3. The summed E-state index contributed by atoms with van der Waals surface area (Å²) in [5.74, 6) is 0.465. The van der Waals surface area contributed by atoms with Crippen LogP contribution in [0.5, 0.6) is 17.2 Å². The van der Waals surface area contributed by atoms with Crippen molar-refractivity contribution in [2.24, 2.45) is 0 Å². The Morgan fingerprint density at radius 2 is 1.46 bits per heavy atom. The highest BCUT2D eigenvalue weighted by Gasteiger charge is 2.14. The standard InChI is InChI=1S/C30H33ClN2O6/c1-30(2,3)20-8-13-23(14-9-20)39-24-15-11-22(12-16-24)32-27(34)6-5-7-29(36)38-19-28(35)33-25-18-21(31)10-17-26(25)37-4/h8-18H,5-7,19H2,1-4H3,(H,32,34)(H,33,35). The van der Waals surface area contributed by atoms with E-state index in [1.54, 1.807) is 36.4 Å². The number of esters is 1. The van der Waals surface area contributed by atoms with Crippen LogP contribution in [-0.4, -0.2) is 31.5 Å². The zero-order valence-electron chi connectivity index (χ0n) is 22.5. The summed E-state index contributed by atoms with van der Waals surface area (Å²) >= 11 is 5.94. The first-order valence-electron chi connectivity index (χ1n) is 12.5. The number of carbonyl (C=O) groups excluding carboxylic acids is 3. The molecule has 0 spiro atoms. The van der Waals surface area contributed by atoms with Gasteiger partial charge in [-0.2, -0.15) is 0 Å². The lowest BCUT2D eigenvalue weighted by atomic mass is 9.87. The lowest BCUT2D eigenvalue weighted by molar-refractivity contribution is -0.147. The smallest absolute Gasteiger partial charge is 0.306 e. The molecule has 0 aliphatic rings. The number of nitrogens with one attached hydrogen (secondary N) is 2. The summed E-state index contributed by atoms with van der Waals surface area (Å²) < 4.78 is 16.0. The minimum absolute atomic E-state index is 0.00195. The third-order valence-electron chi connectivity index (χ3n) is 5.68. The molecule has 3 aromatic rings. The number of amides is 2. The predicted octanol–water partition coefficient (Wildman–Crippen LogP) is 6.73. The molecule has 0 aromatic heterocycles. The van der Waals surface area contributed by atoms with Gasteiger partial charge in [0, 0.05) is 23.6 Å². The Bertz CT molecular complexity index is 1280. The highest BCUT2D eigenvalue weighted by atomic mass is 35.5. The van der Waals surface area contributed by atoms with Gasteiger partial charge < -0.3 is 24.8 Å². The highest BCUT2D eigenvalue weighted by Crippen LogP contribution is 2.28. The van der Waals surface area contributed by atoms with Gasteiger partial charge in [0.25, 0.3) is 5.91 Å². The molecule has 0 atom stereocenters. The Hall–Kier alpha value is -4.04. The Morgan fingerprint density at radius 1 is 0.821 bits per heavy atom. The Balaban J connectivity index is 1.36. The number of benzene rings is 3. The molecule has 0 radical (unpaired) electrons. The van der Waals surface area contributed by atoms with Gasteiger partial charge in [0.15, 0.2) is 6.61 Å². The molecule has 39 heavy (non-hydrogen) atoms. The van der Waals surface area contributed by atoms with Crippen LogP contribution in [0.1, 0.15) is 45.6 Å². The molecule has 0 aliphatic carbocycles. The summed E-state index contributed by atoms with van der Waals surface area (Å²) in [6.45, 7) is 6.01. The minimum Gasteiger partial charge on any atom is -0.495 e. The SMILES string of the molecule is COc1ccc(Cl)cc1NC(=O)COC(=O)CCCC(=O)Nc1ccc(Oc2ccc(C(C)(C)C)cc2)cc1. The lowest BCUT2D eigenvalue weighted by Crippen LogP contribution is -2.21. The van der Waals surface area contributed by atoms with Gasteiger partial charge in [-0.25, -0.2) is 0 Å². The van der Waals surface area contributed by atoms with Crippen molar-refractivity contribution in [1.82, 2.24) is 0 Å². The molecule has 0 saturated carbocycles. The van der Waals surface area contributed by atoms with E-state index in [-0.39, 0.29) is 30.6 Å². The van der Waals surface area contributed by atoms with Gasteiger partial charge in [0.2, 0.25) is 5.91 Å². The summed E-state index contributed by atoms with van der Waals surface area (Å²) in [6.07, 6.45) is 0.404. The first-order chi connectivity index (χ1) is 18.5. The van der Waals surface area contributed by atoms with Crippen molar-refractivity contribution in [3.8, 4) is 17.2 Å². The van der Waals surface area contributed by atoms with Crippen molar-refractivity contribution in [2.45, 2.75) is 45.4 Å². The zero-order chi connectivity index (χ0) is 28.4. The van der Waals surface area contributed by atoms with Gasteiger partial charge in [-0.15, -0.1) is 0 Å². The number of carbonyl (C=O) groups is 3. The van der Waals surface area contributed by atoms with E-state index in [2.05, 4.69) is 31.4 Å². The quantitative estimate of drug-likeness (QED) is 0.256. The van der Waals surface area contributed by atoms with E-state index < -0.39 is 18.5 Å². The van der Waals surface area contributed by atoms with Crippen LogP contribution in [0.25, 0.3) is 0 Å². The van der Waals surface area contributed by atoms with Crippen LogP contribution in [0, 0.1) is 0 Å². The topological polar surface area (TPSA) is 103 Å². The van der Waals surface area contributed by atoms with Crippen LogP contribution in [0.15, 0.2) is 66.7 Å². The maximum atomic E-state index is 12.3. The first kappa shape index (κ1) is 29.5. The van der Waals surface area contributed by atoms with Crippen molar-refractivity contribution in [3.05, 3.63) is 77.3 Å². The Morgan fingerprint density at radius 3 is 2.08 bits per heavy atom. The number of methoxy groups -OCH3 is 1. The normalized spacial score (nSPS) is 10.9. The fourth-order valence-electron chi connectivity index (χ4n) is 3.56. The number of hydrogen-bond acceptors (Lipinski definition) is 6. The molecule has 0 fully saturated rings. The maximum absolute atomic E-state index is 12.3.